The lowest BCUT2D eigenvalue weighted by Gasteiger charge is -2.26. The van der Waals surface area contributed by atoms with Gasteiger partial charge in [-0.05, 0) is 43.8 Å². The highest BCUT2D eigenvalue weighted by molar-refractivity contribution is 6.69. The molecule has 0 radical (unpaired) electrons. The van der Waals surface area contributed by atoms with Crippen LogP contribution in [0.15, 0.2) is 36.9 Å². The van der Waals surface area contributed by atoms with Crippen molar-refractivity contribution >= 4 is 19.9 Å². The molecule has 0 saturated carbocycles. The summed E-state index contributed by atoms with van der Waals surface area (Å²) < 4.78 is 6.13. The van der Waals surface area contributed by atoms with Crippen molar-refractivity contribution in [1.82, 2.24) is 0 Å². The van der Waals surface area contributed by atoms with E-state index in [4.69, 9.17) is 16.0 Å². The third kappa shape index (κ3) is 4.52. The van der Waals surface area contributed by atoms with Gasteiger partial charge in [0.25, 0.3) is 0 Å². The standard InChI is InChI=1S/C13H19ClOSi/c1-5-6-13(15-16(2,3)4)11-7-9-12(14)10-8-11/h5,7-10,13H,1,6H2,2-4H3/t13-/m0/s1. The second kappa shape index (κ2) is 5.67. The van der Waals surface area contributed by atoms with Crippen LogP contribution in [0.4, 0.5) is 0 Å². The molecule has 0 unspecified atom stereocenters. The summed E-state index contributed by atoms with van der Waals surface area (Å²) in [6.07, 6.45) is 2.85. The lowest BCUT2D eigenvalue weighted by Crippen LogP contribution is -2.27. The maximum Gasteiger partial charge on any atom is 0.184 e. The van der Waals surface area contributed by atoms with Gasteiger partial charge in [-0.3, -0.25) is 0 Å². The van der Waals surface area contributed by atoms with Crippen LogP contribution < -0.4 is 0 Å². The van der Waals surface area contributed by atoms with E-state index < -0.39 is 8.32 Å². The third-order valence-corrected chi connectivity index (χ3v) is 3.36. The van der Waals surface area contributed by atoms with Crippen LogP contribution in [0.5, 0.6) is 0 Å². The van der Waals surface area contributed by atoms with Gasteiger partial charge in [0.15, 0.2) is 8.32 Å². The molecular weight excluding hydrogens is 236 g/mol. The van der Waals surface area contributed by atoms with E-state index in [0.29, 0.717) is 0 Å². The van der Waals surface area contributed by atoms with Crippen molar-refractivity contribution in [3.63, 3.8) is 0 Å². The molecular formula is C13H19ClOSi. The first-order valence-electron chi connectivity index (χ1n) is 5.46. The number of halogens is 1. The Morgan fingerprint density at radius 2 is 1.88 bits per heavy atom. The first kappa shape index (κ1) is 13.5. The SMILES string of the molecule is C=CC[C@H](O[Si](C)(C)C)c1ccc(Cl)cc1. The zero-order chi connectivity index (χ0) is 12.2. The highest BCUT2D eigenvalue weighted by Crippen LogP contribution is 2.26. The molecule has 0 aliphatic heterocycles. The van der Waals surface area contributed by atoms with Crippen LogP contribution >= 0.6 is 11.6 Å². The maximum absolute atomic E-state index is 6.13. The van der Waals surface area contributed by atoms with E-state index in [1.54, 1.807) is 0 Å². The van der Waals surface area contributed by atoms with E-state index in [1.807, 2.05) is 30.3 Å². The molecule has 0 aliphatic carbocycles. The molecule has 0 N–H and O–H groups in total. The lowest BCUT2D eigenvalue weighted by atomic mass is 10.1. The highest BCUT2D eigenvalue weighted by Gasteiger charge is 2.21. The molecule has 0 saturated heterocycles. The van der Waals surface area contributed by atoms with Gasteiger partial charge in [0.2, 0.25) is 0 Å². The van der Waals surface area contributed by atoms with E-state index in [0.717, 1.165) is 11.4 Å². The van der Waals surface area contributed by atoms with Gasteiger partial charge in [-0.25, -0.2) is 0 Å². The van der Waals surface area contributed by atoms with Gasteiger partial charge in [-0.15, -0.1) is 6.58 Å². The van der Waals surface area contributed by atoms with Crippen LogP contribution in [-0.2, 0) is 4.43 Å². The lowest BCUT2D eigenvalue weighted by molar-refractivity contribution is 0.201. The summed E-state index contributed by atoms with van der Waals surface area (Å²) in [6.45, 7) is 10.4. The summed E-state index contributed by atoms with van der Waals surface area (Å²) in [6, 6.07) is 7.86. The molecule has 0 heterocycles. The summed E-state index contributed by atoms with van der Waals surface area (Å²) in [5.74, 6) is 0. The Bertz CT molecular complexity index is 340. The first-order valence-corrected chi connectivity index (χ1v) is 9.25. The summed E-state index contributed by atoms with van der Waals surface area (Å²) in [5, 5.41) is 0.758. The van der Waals surface area contributed by atoms with Crippen LogP contribution in [0, 0.1) is 0 Å². The molecule has 1 aromatic rings. The van der Waals surface area contributed by atoms with Crippen molar-refractivity contribution < 1.29 is 4.43 Å². The Labute approximate surface area is 104 Å². The molecule has 3 heteroatoms. The molecule has 1 rings (SSSR count). The smallest absolute Gasteiger partial charge is 0.184 e. The second-order valence-corrected chi connectivity index (χ2v) is 9.69. The second-order valence-electron chi connectivity index (χ2n) is 4.79. The van der Waals surface area contributed by atoms with E-state index in [9.17, 15) is 0 Å². The Hall–Kier alpha value is -0.573. The molecule has 0 fully saturated rings. The summed E-state index contributed by atoms with van der Waals surface area (Å²) >= 11 is 5.87. The predicted molar refractivity (Wildman–Crippen MR) is 73.4 cm³/mol. The van der Waals surface area contributed by atoms with Gasteiger partial charge in [0.05, 0.1) is 6.10 Å². The van der Waals surface area contributed by atoms with Gasteiger partial charge >= 0.3 is 0 Å². The van der Waals surface area contributed by atoms with Crippen LogP contribution in [0.1, 0.15) is 18.1 Å². The van der Waals surface area contributed by atoms with Crippen molar-refractivity contribution in [2.75, 3.05) is 0 Å². The molecule has 0 bridgehead atoms. The quantitative estimate of drug-likeness (QED) is 0.541. The van der Waals surface area contributed by atoms with Crippen molar-refractivity contribution in [3.8, 4) is 0 Å². The first-order chi connectivity index (χ1) is 7.42. The molecule has 0 aromatic heterocycles. The zero-order valence-electron chi connectivity index (χ0n) is 10.2. The predicted octanol–water partition coefficient (Wildman–Crippen LogP) is 4.81. The molecule has 0 aliphatic rings. The molecule has 16 heavy (non-hydrogen) atoms. The van der Waals surface area contributed by atoms with Gasteiger partial charge in [0, 0.05) is 5.02 Å². The number of hydrogen-bond acceptors (Lipinski definition) is 1. The third-order valence-electron chi connectivity index (χ3n) is 2.12. The summed E-state index contributed by atoms with van der Waals surface area (Å²) in [4.78, 5) is 0. The van der Waals surface area contributed by atoms with Crippen molar-refractivity contribution in [2.45, 2.75) is 32.2 Å². The summed E-state index contributed by atoms with van der Waals surface area (Å²) in [5.41, 5.74) is 1.17. The van der Waals surface area contributed by atoms with E-state index in [1.165, 1.54) is 5.56 Å². The minimum atomic E-state index is -1.53. The molecule has 0 amide bonds. The summed E-state index contributed by atoms with van der Waals surface area (Å²) in [7, 11) is -1.53. The number of rotatable bonds is 5. The Kier molecular flexibility index (Phi) is 4.78. The van der Waals surface area contributed by atoms with E-state index in [-0.39, 0.29) is 6.10 Å². The van der Waals surface area contributed by atoms with Crippen LogP contribution in [0.2, 0.25) is 24.7 Å². The van der Waals surface area contributed by atoms with E-state index in [2.05, 4.69) is 26.2 Å². The average molecular weight is 255 g/mol. The Morgan fingerprint density at radius 1 is 1.31 bits per heavy atom. The zero-order valence-corrected chi connectivity index (χ0v) is 11.9. The van der Waals surface area contributed by atoms with Crippen molar-refractivity contribution in [2.24, 2.45) is 0 Å². The highest BCUT2D eigenvalue weighted by atomic mass is 35.5. The van der Waals surface area contributed by atoms with Gasteiger partial charge in [-0.1, -0.05) is 29.8 Å². The normalized spacial score (nSPS) is 13.5. The molecule has 1 nitrogen and oxygen atoms in total. The number of hydrogen-bond donors (Lipinski definition) is 0. The molecule has 0 spiro atoms. The monoisotopic (exact) mass is 254 g/mol. The molecule has 88 valence electrons. The number of benzene rings is 1. The fourth-order valence-electron chi connectivity index (χ4n) is 1.51. The van der Waals surface area contributed by atoms with Gasteiger partial charge in [-0.2, -0.15) is 0 Å². The Morgan fingerprint density at radius 3 is 2.31 bits per heavy atom. The fraction of sp³-hybridized carbons (Fsp3) is 0.385. The minimum absolute atomic E-state index is 0.112. The van der Waals surface area contributed by atoms with Crippen LogP contribution in [0.25, 0.3) is 0 Å². The van der Waals surface area contributed by atoms with Crippen molar-refractivity contribution in [1.29, 1.82) is 0 Å². The average Bonchev–Trinajstić information content (AvgIpc) is 2.16. The van der Waals surface area contributed by atoms with Crippen LogP contribution in [0.3, 0.4) is 0 Å². The van der Waals surface area contributed by atoms with Gasteiger partial charge < -0.3 is 4.43 Å². The maximum atomic E-state index is 6.13. The topological polar surface area (TPSA) is 9.23 Å². The largest absolute Gasteiger partial charge is 0.410 e. The van der Waals surface area contributed by atoms with Crippen molar-refractivity contribution in [3.05, 3.63) is 47.5 Å². The van der Waals surface area contributed by atoms with E-state index >= 15 is 0 Å². The minimum Gasteiger partial charge on any atom is -0.410 e. The van der Waals surface area contributed by atoms with Crippen LogP contribution in [-0.4, -0.2) is 8.32 Å². The molecule has 1 aromatic carbocycles. The fourth-order valence-corrected chi connectivity index (χ4v) is 2.72. The van der Waals surface area contributed by atoms with Gasteiger partial charge in [0.1, 0.15) is 0 Å². The Balaban J connectivity index is 2.84. The molecule has 1 atom stereocenters.